The average molecular weight is 712 g/mol. The molecular weight excluding hydrogens is 665 g/mol. The van der Waals surface area contributed by atoms with Gasteiger partial charge in [0.15, 0.2) is 0 Å². The summed E-state index contributed by atoms with van der Waals surface area (Å²) in [7, 11) is -0.211. The number of alkyl halides is 1. The van der Waals surface area contributed by atoms with Gasteiger partial charge in [-0.1, -0.05) is 26.0 Å². The van der Waals surface area contributed by atoms with Crippen LogP contribution in [0.25, 0.3) is 0 Å². The van der Waals surface area contributed by atoms with Gasteiger partial charge in [0, 0.05) is 5.56 Å². The van der Waals surface area contributed by atoms with Crippen molar-refractivity contribution >= 4 is 64.6 Å². The molecule has 7 N–H and O–H groups in total. The van der Waals surface area contributed by atoms with Crippen molar-refractivity contribution in [3.63, 3.8) is 0 Å². The van der Waals surface area contributed by atoms with Crippen LogP contribution in [0.15, 0.2) is 36.4 Å². The predicted octanol–water partition coefficient (Wildman–Crippen LogP) is 2.75. The maximum Gasteiger partial charge on any atom is 0.309 e. The molecule has 0 bridgehead atoms. The molecule has 13 heteroatoms. The monoisotopic (exact) mass is 712 g/mol. The van der Waals surface area contributed by atoms with E-state index >= 15 is 0 Å². The summed E-state index contributed by atoms with van der Waals surface area (Å²) >= 11 is -2.07. The smallest absolute Gasteiger partial charge is 0.309 e. The van der Waals surface area contributed by atoms with E-state index in [-0.39, 0.29) is 18.8 Å². The average Bonchev–Trinajstić information content (AvgIpc) is 3.77. The Kier molecular flexibility index (Phi) is 19.1. The number of halogens is 1. The summed E-state index contributed by atoms with van der Waals surface area (Å²) in [6.07, 6.45) is 10.9. The molecular formula is C30H47B2IN2O8. The zero-order chi connectivity index (χ0) is 32.3. The molecule has 0 spiro atoms. The summed E-state index contributed by atoms with van der Waals surface area (Å²) in [5, 5.41) is 16.7. The second-order valence-electron chi connectivity index (χ2n) is 10.1. The van der Waals surface area contributed by atoms with Gasteiger partial charge in [-0.3, -0.25) is 14.4 Å². The number of hydrogen-bond acceptors (Lipinski definition) is 7. The van der Waals surface area contributed by atoms with Crippen LogP contribution in [0.5, 0.6) is 0 Å². The molecule has 2 aromatic carbocycles. The van der Waals surface area contributed by atoms with Crippen molar-refractivity contribution in [1.29, 1.82) is 0 Å². The number of unbranched alkanes of at least 4 members (excludes halogenated alkanes) is 1. The van der Waals surface area contributed by atoms with E-state index in [1.165, 1.54) is 44.9 Å². The summed E-state index contributed by atoms with van der Waals surface area (Å²) in [6.45, 7) is 7.22. The molecule has 2 amide bonds. The SMILES string of the molecule is CC.CCC1(CCCCI(O)c2ccc3c(c2)B(O)OC3)CCCC1.NC(=O)c1ccc2c(c1)BOC2.NC=O.O=CO. The van der Waals surface area contributed by atoms with Crippen LogP contribution in [0.1, 0.15) is 93.6 Å². The predicted molar refractivity (Wildman–Crippen MR) is 181 cm³/mol. The minimum Gasteiger partial charge on any atom is -0.483 e. The van der Waals surface area contributed by atoms with Gasteiger partial charge in [-0.25, -0.2) is 0 Å². The first-order valence-electron chi connectivity index (χ1n) is 14.7. The van der Waals surface area contributed by atoms with E-state index < -0.39 is 27.4 Å². The molecule has 0 unspecified atom stereocenters. The summed E-state index contributed by atoms with van der Waals surface area (Å²) in [5.41, 5.74) is 14.6. The van der Waals surface area contributed by atoms with Crippen molar-refractivity contribution in [3.05, 3.63) is 56.7 Å². The molecule has 2 aromatic rings. The standard InChI is InChI=1S/C18H28BIO3.C8H8BNO2.C2H6.CH3NO.CH2O2/c1-2-18(9-3-4-10-18)11-5-6-12-20(22)16-8-7-15-14-23-19(21)17(15)13-16;10-8(11)5-1-2-6-4-12-9-7(6)3-5;1-2;2*2-1-3/h7-8,13,21-22H,2-6,9-12,14H2,1H3;1-3,9H,4H2,(H2,10,11);1-2H3;1H,(H2,2,3);1H,(H,2,3). The Bertz CT molecular complexity index is 1130. The second-order valence-corrected chi connectivity index (χ2v) is 14.4. The Morgan fingerprint density at radius 2 is 1.72 bits per heavy atom. The van der Waals surface area contributed by atoms with Gasteiger partial charge in [0.1, 0.15) is 0 Å². The maximum absolute atomic E-state index is 10.8. The van der Waals surface area contributed by atoms with E-state index in [4.69, 9.17) is 29.7 Å². The van der Waals surface area contributed by atoms with E-state index in [1.54, 1.807) is 12.1 Å². The quantitative estimate of drug-likeness (QED) is 0.0911. The topological polar surface area (TPSA) is 182 Å². The first-order valence-corrected chi connectivity index (χ1v) is 18.3. The van der Waals surface area contributed by atoms with Crippen molar-refractivity contribution in [2.75, 3.05) is 4.43 Å². The van der Waals surface area contributed by atoms with Crippen LogP contribution in [0.4, 0.5) is 0 Å². The van der Waals surface area contributed by atoms with Gasteiger partial charge in [0.25, 0.3) is 6.47 Å². The molecule has 0 atom stereocenters. The number of rotatable bonds is 8. The summed E-state index contributed by atoms with van der Waals surface area (Å²) < 4.78 is 23.0. The molecule has 2 heterocycles. The molecule has 0 radical (unpaired) electrons. The molecule has 3 aliphatic rings. The number of primary amides is 2. The first kappa shape index (κ1) is 38.6. The Morgan fingerprint density at radius 1 is 1.09 bits per heavy atom. The van der Waals surface area contributed by atoms with Gasteiger partial charge in [-0.15, -0.1) is 0 Å². The third-order valence-corrected chi connectivity index (χ3v) is 11.6. The Balaban J connectivity index is 0.000000386. The fraction of sp³-hybridized carbons (Fsp3) is 0.500. The van der Waals surface area contributed by atoms with E-state index in [0.717, 1.165) is 36.5 Å². The van der Waals surface area contributed by atoms with Crippen LogP contribution in [0.2, 0.25) is 0 Å². The van der Waals surface area contributed by atoms with Crippen molar-refractivity contribution in [2.45, 2.75) is 85.4 Å². The van der Waals surface area contributed by atoms with Crippen LogP contribution >= 0.6 is 20.2 Å². The number of fused-ring (bicyclic) bond motifs is 2. The molecule has 0 aromatic heterocycles. The third-order valence-electron chi connectivity index (χ3n) is 7.71. The van der Waals surface area contributed by atoms with Gasteiger partial charge in [-0.2, -0.15) is 0 Å². The molecule has 2 aliphatic heterocycles. The van der Waals surface area contributed by atoms with E-state index in [1.807, 2.05) is 38.1 Å². The van der Waals surface area contributed by atoms with Gasteiger partial charge in [0.2, 0.25) is 12.3 Å². The van der Waals surface area contributed by atoms with Crippen LogP contribution in [-0.2, 0) is 32.1 Å². The van der Waals surface area contributed by atoms with Gasteiger partial charge >= 0.3 is 155 Å². The fourth-order valence-corrected chi connectivity index (χ4v) is 8.56. The van der Waals surface area contributed by atoms with Crippen molar-refractivity contribution in [3.8, 4) is 0 Å². The van der Waals surface area contributed by atoms with E-state index in [9.17, 15) is 13.3 Å². The Morgan fingerprint density at radius 3 is 2.33 bits per heavy atom. The van der Waals surface area contributed by atoms with E-state index in [2.05, 4.69) is 12.7 Å². The second kappa shape index (κ2) is 21.3. The molecule has 1 fully saturated rings. The number of amides is 2. The van der Waals surface area contributed by atoms with Crippen LogP contribution in [0.3, 0.4) is 0 Å². The number of carbonyl (C=O) groups is 3. The molecule has 238 valence electrons. The number of hydrogen-bond donors (Lipinski definition) is 5. The number of benzene rings is 2. The number of carbonyl (C=O) groups excluding carboxylic acids is 2. The molecule has 5 rings (SSSR count). The first-order chi connectivity index (χ1) is 20.7. The number of nitrogens with two attached hydrogens (primary N) is 2. The van der Waals surface area contributed by atoms with Crippen molar-refractivity contribution in [1.82, 2.24) is 0 Å². The summed E-state index contributed by atoms with van der Waals surface area (Å²) in [5.74, 6) is -0.385. The molecule has 10 nitrogen and oxygen atoms in total. The Hall–Kier alpha value is -2.45. The third kappa shape index (κ3) is 12.6. The van der Waals surface area contributed by atoms with Gasteiger partial charge in [-0.05, 0) is 17.1 Å². The van der Waals surface area contributed by atoms with Gasteiger partial charge < -0.3 is 21.2 Å². The van der Waals surface area contributed by atoms with Gasteiger partial charge in [0.05, 0.1) is 6.61 Å². The van der Waals surface area contributed by atoms with Crippen LogP contribution < -0.4 is 22.4 Å². The summed E-state index contributed by atoms with van der Waals surface area (Å²) in [6, 6.07) is 11.4. The minimum absolute atomic E-state index is 0.250. The van der Waals surface area contributed by atoms with Crippen LogP contribution in [0, 0.1) is 8.99 Å². The van der Waals surface area contributed by atoms with Crippen LogP contribution in [-0.4, -0.2) is 51.4 Å². The maximum atomic E-state index is 10.8. The number of carboxylic acid groups (broad SMARTS) is 1. The molecule has 1 saturated carbocycles. The molecule has 43 heavy (non-hydrogen) atoms. The zero-order valence-electron chi connectivity index (χ0n) is 25.6. The van der Waals surface area contributed by atoms with Crippen molar-refractivity contribution < 1.29 is 37.3 Å². The summed E-state index contributed by atoms with van der Waals surface area (Å²) in [4.78, 5) is 27.7. The normalized spacial score (nSPS) is 15.2. The van der Waals surface area contributed by atoms with E-state index in [0.29, 0.717) is 31.7 Å². The molecule has 0 saturated heterocycles. The Labute approximate surface area is 264 Å². The largest absolute Gasteiger partial charge is 0.483 e. The fourth-order valence-electron chi connectivity index (χ4n) is 5.38. The van der Waals surface area contributed by atoms with Crippen molar-refractivity contribution in [2.24, 2.45) is 16.9 Å². The molecule has 1 aliphatic carbocycles. The zero-order valence-corrected chi connectivity index (χ0v) is 27.8. The minimum atomic E-state index is -2.07.